The molecule has 0 amide bonds. The number of nitrogens with zero attached hydrogens (tertiary/aromatic N) is 1. The molecule has 0 radical (unpaired) electrons. The van der Waals surface area contributed by atoms with E-state index in [0.29, 0.717) is 12.4 Å². The number of aryl methyl sites for hydroxylation is 1. The summed E-state index contributed by atoms with van der Waals surface area (Å²) in [6.07, 6.45) is 1.86. The van der Waals surface area contributed by atoms with E-state index in [1.807, 2.05) is 13.8 Å². The maximum Gasteiger partial charge on any atom is 0.128 e. The van der Waals surface area contributed by atoms with Gasteiger partial charge in [-0.15, -0.1) is 0 Å². The largest absolute Gasteiger partial charge is 0.383 e. The molecule has 3 N–H and O–H groups in total. The third-order valence-electron chi connectivity index (χ3n) is 2.74. The molecule has 4 heteroatoms. The number of rotatable bonds is 6. The number of aromatic nitrogens is 1. The van der Waals surface area contributed by atoms with Gasteiger partial charge < -0.3 is 15.8 Å². The molecule has 1 heterocycles. The van der Waals surface area contributed by atoms with Crippen molar-refractivity contribution in [3.8, 4) is 0 Å². The minimum Gasteiger partial charge on any atom is -0.383 e. The maximum atomic E-state index is 5.95. The first-order valence-electron chi connectivity index (χ1n) is 6.17. The highest BCUT2D eigenvalue weighted by Crippen LogP contribution is 2.24. The number of hydrogen-bond donors (Lipinski definition) is 2. The summed E-state index contributed by atoms with van der Waals surface area (Å²) in [5, 5.41) is 3.41. The topological polar surface area (TPSA) is 60.2 Å². The quantitative estimate of drug-likeness (QED) is 0.795. The molecule has 0 aliphatic heterocycles. The highest BCUT2D eigenvalue weighted by molar-refractivity contribution is 5.43. The average Bonchev–Trinajstić information content (AvgIpc) is 2.30. The van der Waals surface area contributed by atoms with Crippen molar-refractivity contribution in [3.63, 3.8) is 0 Å². The van der Waals surface area contributed by atoms with Crippen LogP contribution in [0.25, 0.3) is 0 Å². The van der Waals surface area contributed by atoms with Crippen LogP contribution in [0.4, 0.5) is 5.82 Å². The van der Waals surface area contributed by atoms with E-state index in [-0.39, 0.29) is 12.1 Å². The van der Waals surface area contributed by atoms with Gasteiger partial charge in [0.05, 0.1) is 12.1 Å². The lowest BCUT2D eigenvalue weighted by Crippen LogP contribution is -2.32. The van der Waals surface area contributed by atoms with Gasteiger partial charge in [0, 0.05) is 18.4 Å². The minimum absolute atomic E-state index is 0.0749. The van der Waals surface area contributed by atoms with E-state index in [4.69, 9.17) is 10.5 Å². The Labute approximate surface area is 104 Å². The summed E-state index contributed by atoms with van der Waals surface area (Å²) >= 11 is 0. The van der Waals surface area contributed by atoms with Crippen LogP contribution in [0.5, 0.6) is 0 Å². The van der Waals surface area contributed by atoms with E-state index >= 15 is 0 Å². The molecule has 1 rings (SSSR count). The summed E-state index contributed by atoms with van der Waals surface area (Å²) in [5.74, 6) is 0.577. The van der Waals surface area contributed by atoms with Gasteiger partial charge in [0.25, 0.3) is 0 Å². The lowest BCUT2D eigenvalue weighted by Gasteiger charge is -2.26. The number of hydrogen-bond acceptors (Lipinski definition) is 4. The number of likely N-dealkylation sites (N-methyl/N-ethyl adjacent to an activating group) is 1. The third kappa shape index (κ3) is 3.68. The van der Waals surface area contributed by atoms with Crippen molar-refractivity contribution in [2.45, 2.75) is 39.8 Å². The Morgan fingerprint density at radius 1 is 1.47 bits per heavy atom. The molecule has 1 aromatic heterocycles. The lowest BCUT2D eigenvalue weighted by molar-refractivity contribution is 0.0477. The van der Waals surface area contributed by atoms with Crippen molar-refractivity contribution < 1.29 is 4.74 Å². The molecule has 2 atom stereocenters. The summed E-state index contributed by atoms with van der Waals surface area (Å²) < 4.78 is 5.66. The Morgan fingerprint density at radius 3 is 2.76 bits per heavy atom. The van der Waals surface area contributed by atoms with Crippen LogP contribution in [-0.2, 0) is 4.74 Å². The summed E-state index contributed by atoms with van der Waals surface area (Å²) in [7, 11) is 0. The Balaban J connectivity index is 2.99. The van der Waals surface area contributed by atoms with E-state index in [2.05, 4.69) is 30.2 Å². The predicted octanol–water partition coefficient (Wildman–Crippen LogP) is 2.05. The summed E-state index contributed by atoms with van der Waals surface area (Å²) in [6.45, 7) is 9.71. The normalized spacial score (nSPS) is 14.6. The van der Waals surface area contributed by atoms with Crippen LogP contribution in [0.15, 0.2) is 12.3 Å². The van der Waals surface area contributed by atoms with Crippen molar-refractivity contribution in [2.75, 3.05) is 18.9 Å². The Bertz CT molecular complexity index is 355. The van der Waals surface area contributed by atoms with Crippen molar-refractivity contribution in [1.29, 1.82) is 0 Å². The fourth-order valence-corrected chi connectivity index (χ4v) is 1.96. The molecular formula is C13H23N3O. The zero-order chi connectivity index (χ0) is 12.8. The van der Waals surface area contributed by atoms with Gasteiger partial charge in [-0.05, 0) is 38.9 Å². The van der Waals surface area contributed by atoms with Gasteiger partial charge in [-0.2, -0.15) is 0 Å². The zero-order valence-electron chi connectivity index (χ0n) is 11.2. The van der Waals surface area contributed by atoms with Crippen LogP contribution in [0.3, 0.4) is 0 Å². The average molecular weight is 237 g/mol. The SMILES string of the molecule is CCNC(c1cc(C)cnc1N)C(C)OCC. The Kier molecular flexibility index (Phi) is 5.38. The molecule has 0 saturated carbocycles. The second kappa shape index (κ2) is 6.57. The summed E-state index contributed by atoms with van der Waals surface area (Å²) in [6, 6.07) is 2.16. The van der Waals surface area contributed by atoms with Crippen LogP contribution in [0.1, 0.15) is 37.9 Å². The maximum absolute atomic E-state index is 5.95. The number of pyridine rings is 1. The van der Waals surface area contributed by atoms with Gasteiger partial charge in [0.15, 0.2) is 0 Å². The molecule has 0 aliphatic carbocycles. The third-order valence-corrected chi connectivity index (χ3v) is 2.74. The fourth-order valence-electron chi connectivity index (χ4n) is 1.96. The van der Waals surface area contributed by atoms with Crippen LogP contribution in [0.2, 0.25) is 0 Å². The highest BCUT2D eigenvalue weighted by Gasteiger charge is 2.21. The molecule has 1 aromatic rings. The second-order valence-electron chi connectivity index (χ2n) is 4.18. The van der Waals surface area contributed by atoms with Crippen LogP contribution in [-0.4, -0.2) is 24.2 Å². The molecule has 4 nitrogen and oxygen atoms in total. The minimum atomic E-state index is 0.0749. The first kappa shape index (κ1) is 13.9. The van der Waals surface area contributed by atoms with Crippen molar-refractivity contribution in [1.82, 2.24) is 10.3 Å². The van der Waals surface area contributed by atoms with Gasteiger partial charge in [0.1, 0.15) is 5.82 Å². The summed E-state index contributed by atoms with van der Waals surface area (Å²) in [5.41, 5.74) is 8.08. The molecule has 0 aliphatic rings. The van der Waals surface area contributed by atoms with E-state index in [1.165, 1.54) is 0 Å². The van der Waals surface area contributed by atoms with E-state index in [1.54, 1.807) is 6.20 Å². The number of nitrogens with two attached hydrogens (primary N) is 1. The van der Waals surface area contributed by atoms with Gasteiger partial charge in [-0.1, -0.05) is 6.92 Å². The van der Waals surface area contributed by atoms with E-state index < -0.39 is 0 Å². The first-order chi connectivity index (χ1) is 8.10. The van der Waals surface area contributed by atoms with Crippen LogP contribution in [0, 0.1) is 6.92 Å². The highest BCUT2D eigenvalue weighted by atomic mass is 16.5. The second-order valence-corrected chi connectivity index (χ2v) is 4.18. The molecule has 96 valence electrons. The van der Waals surface area contributed by atoms with Crippen LogP contribution < -0.4 is 11.1 Å². The van der Waals surface area contributed by atoms with E-state index in [0.717, 1.165) is 17.7 Å². The molecular weight excluding hydrogens is 214 g/mol. The number of nitrogens with one attached hydrogen (secondary N) is 1. The monoisotopic (exact) mass is 237 g/mol. The smallest absolute Gasteiger partial charge is 0.128 e. The van der Waals surface area contributed by atoms with E-state index in [9.17, 15) is 0 Å². The lowest BCUT2D eigenvalue weighted by atomic mass is 10.0. The number of ether oxygens (including phenoxy) is 1. The first-order valence-corrected chi connectivity index (χ1v) is 6.17. The van der Waals surface area contributed by atoms with Crippen molar-refractivity contribution in [3.05, 3.63) is 23.4 Å². The molecule has 2 unspecified atom stereocenters. The van der Waals surface area contributed by atoms with Gasteiger partial charge >= 0.3 is 0 Å². The Hall–Kier alpha value is -1.13. The number of anilines is 1. The number of nitrogen functional groups attached to an aromatic ring is 1. The standard InChI is InChI=1S/C13H23N3O/c1-5-15-12(10(4)17-6-2)11-7-9(3)8-16-13(11)14/h7-8,10,12,15H,5-6H2,1-4H3,(H2,14,16). The molecule has 0 aromatic carbocycles. The molecule has 17 heavy (non-hydrogen) atoms. The Morgan fingerprint density at radius 2 is 2.18 bits per heavy atom. The molecule has 0 bridgehead atoms. The van der Waals surface area contributed by atoms with Gasteiger partial charge in [-0.25, -0.2) is 4.98 Å². The van der Waals surface area contributed by atoms with Crippen molar-refractivity contribution >= 4 is 5.82 Å². The molecule has 0 spiro atoms. The fraction of sp³-hybridized carbons (Fsp3) is 0.615. The van der Waals surface area contributed by atoms with Crippen LogP contribution >= 0.6 is 0 Å². The molecule has 0 saturated heterocycles. The molecule has 0 fully saturated rings. The predicted molar refractivity (Wildman–Crippen MR) is 70.9 cm³/mol. The zero-order valence-corrected chi connectivity index (χ0v) is 11.2. The van der Waals surface area contributed by atoms with Gasteiger partial charge in [-0.3, -0.25) is 0 Å². The summed E-state index contributed by atoms with van der Waals surface area (Å²) in [4.78, 5) is 4.21. The van der Waals surface area contributed by atoms with Gasteiger partial charge in [0.2, 0.25) is 0 Å². The van der Waals surface area contributed by atoms with Crippen molar-refractivity contribution in [2.24, 2.45) is 0 Å².